The Morgan fingerprint density at radius 2 is 1.84 bits per heavy atom. The first-order valence-corrected chi connectivity index (χ1v) is 7.21. The van der Waals surface area contributed by atoms with Crippen LogP contribution in [0.15, 0.2) is 11.1 Å². The lowest BCUT2D eigenvalue weighted by Crippen LogP contribution is -2.47. The number of likely N-dealkylation sites (N-methyl/N-ethyl adjacent to an activating group) is 1. The van der Waals surface area contributed by atoms with Gasteiger partial charge in [0.2, 0.25) is 10.8 Å². The smallest absolute Gasteiger partial charge is 0.299 e. The van der Waals surface area contributed by atoms with Gasteiger partial charge in [-0.25, -0.2) is 0 Å². The summed E-state index contributed by atoms with van der Waals surface area (Å²) < 4.78 is 32.2. The van der Waals surface area contributed by atoms with Gasteiger partial charge in [0, 0.05) is 17.2 Å². The molecule has 1 amide bonds. The van der Waals surface area contributed by atoms with E-state index in [2.05, 4.69) is 0 Å². The molecule has 0 aliphatic rings. The molecule has 112 valence electrons. The fraction of sp³-hybridized carbons (Fsp3) is 0.727. The SMILES string of the molecule is CCC(O)(C(=C(C)C(N)=O)C(C)N(C)C)S(=O)(=O)O. The van der Waals surface area contributed by atoms with Crippen LogP contribution in [-0.2, 0) is 14.9 Å². The molecule has 0 saturated heterocycles. The Balaban J connectivity index is 6.32. The number of primary amides is 1. The highest BCUT2D eigenvalue weighted by molar-refractivity contribution is 7.87. The Labute approximate surface area is 113 Å². The maximum absolute atomic E-state index is 11.5. The van der Waals surface area contributed by atoms with Crippen LogP contribution >= 0.6 is 0 Å². The molecule has 0 aliphatic carbocycles. The normalized spacial score (nSPS) is 18.7. The van der Waals surface area contributed by atoms with E-state index in [9.17, 15) is 22.9 Å². The monoisotopic (exact) mass is 294 g/mol. The van der Waals surface area contributed by atoms with Gasteiger partial charge in [0.1, 0.15) is 0 Å². The largest absolute Gasteiger partial charge is 0.369 e. The minimum Gasteiger partial charge on any atom is -0.369 e. The molecule has 0 rings (SSSR count). The Morgan fingerprint density at radius 3 is 2.05 bits per heavy atom. The molecule has 2 unspecified atom stereocenters. The fourth-order valence-electron chi connectivity index (χ4n) is 1.84. The zero-order valence-corrected chi connectivity index (χ0v) is 12.7. The predicted octanol–water partition coefficient (Wildman–Crippen LogP) is -0.275. The molecule has 0 aliphatic heterocycles. The fourth-order valence-corrected chi connectivity index (χ4v) is 2.80. The summed E-state index contributed by atoms with van der Waals surface area (Å²) in [4.78, 5) is 10.4. The van der Waals surface area contributed by atoms with Gasteiger partial charge in [0.05, 0.1) is 0 Å². The molecule has 19 heavy (non-hydrogen) atoms. The first-order valence-electron chi connectivity index (χ1n) is 5.77. The molecule has 0 aromatic carbocycles. The van der Waals surface area contributed by atoms with Crippen molar-refractivity contribution in [2.24, 2.45) is 5.73 Å². The van der Waals surface area contributed by atoms with Crippen molar-refractivity contribution in [3.05, 3.63) is 11.1 Å². The molecule has 4 N–H and O–H groups in total. The minimum atomic E-state index is -4.81. The predicted molar refractivity (Wildman–Crippen MR) is 71.8 cm³/mol. The van der Waals surface area contributed by atoms with E-state index in [1.807, 2.05) is 0 Å². The van der Waals surface area contributed by atoms with E-state index in [0.29, 0.717) is 0 Å². The van der Waals surface area contributed by atoms with Gasteiger partial charge >= 0.3 is 0 Å². The number of amides is 1. The Morgan fingerprint density at radius 1 is 1.42 bits per heavy atom. The number of nitrogens with two attached hydrogens (primary N) is 1. The van der Waals surface area contributed by atoms with Gasteiger partial charge in [0.15, 0.2) is 0 Å². The van der Waals surface area contributed by atoms with Crippen LogP contribution in [0.2, 0.25) is 0 Å². The number of carbonyl (C=O) groups is 1. The summed E-state index contributed by atoms with van der Waals surface area (Å²) in [6, 6.07) is -0.598. The summed E-state index contributed by atoms with van der Waals surface area (Å²) in [5, 5.41) is 10.3. The van der Waals surface area contributed by atoms with Crippen molar-refractivity contribution in [1.29, 1.82) is 0 Å². The highest BCUT2D eigenvalue weighted by Crippen LogP contribution is 2.33. The highest BCUT2D eigenvalue weighted by atomic mass is 32.2. The molecular weight excluding hydrogens is 272 g/mol. The Hall–Kier alpha value is -0.960. The van der Waals surface area contributed by atoms with E-state index in [-0.39, 0.29) is 17.6 Å². The van der Waals surface area contributed by atoms with Gasteiger partial charge in [-0.2, -0.15) is 8.42 Å². The van der Waals surface area contributed by atoms with E-state index in [4.69, 9.17) is 5.73 Å². The first-order chi connectivity index (χ1) is 8.40. The average Bonchev–Trinajstić information content (AvgIpc) is 2.26. The van der Waals surface area contributed by atoms with Crippen molar-refractivity contribution in [3.63, 3.8) is 0 Å². The third-order valence-electron chi connectivity index (χ3n) is 3.29. The van der Waals surface area contributed by atoms with E-state index >= 15 is 0 Å². The van der Waals surface area contributed by atoms with Gasteiger partial charge in [-0.3, -0.25) is 9.35 Å². The maximum atomic E-state index is 11.5. The number of carbonyl (C=O) groups excluding carboxylic acids is 1. The van der Waals surface area contributed by atoms with E-state index in [0.717, 1.165) is 0 Å². The summed E-state index contributed by atoms with van der Waals surface area (Å²) in [6.45, 7) is 4.32. The summed E-state index contributed by atoms with van der Waals surface area (Å²) in [5.41, 5.74) is 4.97. The van der Waals surface area contributed by atoms with E-state index < -0.39 is 27.0 Å². The molecule has 2 atom stereocenters. The lowest BCUT2D eigenvalue weighted by Gasteiger charge is -2.34. The summed E-state index contributed by atoms with van der Waals surface area (Å²) in [7, 11) is -1.50. The van der Waals surface area contributed by atoms with Gasteiger partial charge in [-0.15, -0.1) is 0 Å². The standard InChI is InChI=1S/C11H22N2O5S/c1-6-11(15,19(16,17)18)9(7(2)10(12)14)8(3)13(4)5/h8,15H,6H2,1-5H3,(H2,12,14)(H,16,17,18). The molecule has 0 aromatic heterocycles. The molecular formula is C11H22N2O5S. The van der Waals surface area contributed by atoms with Crippen molar-refractivity contribution < 1.29 is 22.9 Å². The van der Waals surface area contributed by atoms with Crippen LogP contribution in [0, 0.1) is 0 Å². The van der Waals surface area contributed by atoms with Crippen LogP contribution in [0.3, 0.4) is 0 Å². The number of aliphatic hydroxyl groups is 1. The molecule has 7 nitrogen and oxygen atoms in total. The summed E-state index contributed by atoms with van der Waals surface area (Å²) >= 11 is 0. The molecule has 8 heteroatoms. The van der Waals surface area contributed by atoms with Crippen molar-refractivity contribution in [2.45, 2.75) is 38.2 Å². The van der Waals surface area contributed by atoms with Gasteiger partial charge in [-0.05, 0) is 34.4 Å². The number of rotatable bonds is 6. The topological polar surface area (TPSA) is 121 Å². The Kier molecular flexibility index (Phi) is 5.69. The number of hydrogen-bond donors (Lipinski definition) is 3. The molecule has 0 heterocycles. The second-order valence-corrected chi connectivity index (χ2v) is 6.28. The maximum Gasteiger partial charge on any atom is 0.299 e. The molecule has 0 radical (unpaired) electrons. The lowest BCUT2D eigenvalue weighted by molar-refractivity contribution is -0.114. The van der Waals surface area contributed by atoms with Crippen molar-refractivity contribution in [1.82, 2.24) is 4.90 Å². The van der Waals surface area contributed by atoms with Crippen LogP contribution in [0.5, 0.6) is 0 Å². The highest BCUT2D eigenvalue weighted by Gasteiger charge is 2.46. The Bertz CT molecular complexity index is 483. The summed E-state index contributed by atoms with van der Waals surface area (Å²) in [6.07, 6.45) is -0.302. The molecule has 0 saturated carbocycles. The van der Waals surface area contributed by atoms with Crippen molar-refractivity contribution in [3.8, 4) is 0 Å². The van der Waals surface area contributed by atoms with Crippen LogP contribution < -0.4 is 5.73 Å². The lowest BCUT2D eigenvalue weighted by atomic mass is 9.93. The first kappa shape index (κ1) is 18.0. The van der Waals surface area contributed by atoms with Gasteiger partial charge in [-0.1, -0.05) is 6.92 Å². The van der Waals surface area contributed by atoms with E-state index in [1.54, 1.807) is 25.9 Å². The summed E-state index contributed by atoms with van der Waals surface area (Å²) in [5.74, 6) is -0.848. The second-order valence-electron chi connectivity index (χ2n) is 4.66. The van der Waals surface area contributed by atoms with Crippen LogP contribution in [0.25, 0.3) is 0 Å². The number of nitrogens with zero attached hydrogens (tertiary/aromatic N) is 1. The van der Waals surface area contributed by atoms with Crippen molar-refractivity contribution >= 4 is 16.0 Å². The number of hydrogen-bond acceptors (Lipinski definition) is 5. The quantitative estimate of drug-likeness (QED) is 0.458. The van der Waals surface area contributed by atoms with Crippen LogP contribution in [0.1, 0.15) is 27.2 Å². The van der Waals surface area contributed by atoms with E-state index in [1.165, 1.54) is 13.8 Å². The zero-order valence-electron chi connectivity index (χ0n) is 11.8. The van der Waals surface area contributed by atoms with Crippen LogP contribution in [0.4, 0.5) is 0 Å². The molecule has 0 aromatic rings. The van der Waals surface area contributed by atoms with Gasteiger partial charge < -0.3 is 15.7 Å². The average molecular weight is 294 g/mol. The zero-order chi connectivity index (χ0) is 15.6. The molecule has 0 bridgehead atoms. The van der Waals surface area contributed by atoms with Crippen molar-refractivity contribution in [2.75, 3.05) is 14.1 Å². The molecule has 0 spiro atoms. The second kappa shape index (κ2) is 6.00. The third kappa shape index (κ3) is 3.53. The van der Waals surface area contributed by atoms with Gasteiger partial charge in [0.25, 0.3) is 10.1 Å². The third-order valence-corrected chi connectivity index (χ3v) is 4.65. The minimum absolute atomic E-state index is 0.0804. The van der Waals surface area contributed by atoms with Crippen LogP contribution in [-0.4, -0.2) is 54.0 Å². The molecule has 0 fully saturated rings.